The number of amides is 2. The zero-order valence-corrected chi connectivity index (χ0v) is 18.5. The summed E-state index contributed by atoms with van der Waals surface area (Å²) < 4.78 is 5.62. The molecule has 2 aromatic carbocycles. The van der Waals surface area contributed by atoms with Gasteiger partial charge in [0.1, 0.15) is 5.58 Å². The summed E-state index contributed by atoms with van der Waals surface area (Å²) in [5.74, 6) is 0.507. The van der Waals surface area contributed by atoms with Crippen molar-refractivity contribution in [1.82, 2.24) is 4.90 Å². The first-order valence-electron chi connectivity index (χ1n) is 10.5. The van der Waals surface area contributed by atoms with Crippen molar-refractivity contribution in [2.24, 2.45) is 5.92 Å². The molecule has 1 aliphatic rings. The number of nitrogens with one attached hydrogen (secondary N) is 1. The van der Waals surface area contributed by atoms with Crippen molar-refractivity contribution >= 4 is 45.8 Å². The van der Waals surface area contributed by atoms with Crippen LogP contribution in [0.25, 0.3) is 11.0 Å². The summed E-state index contributed by atoms with van der Waals surface area (Å²) in [4.78, 5) is 28.9. The van der Waals surface area contributed by atoms with E-state index in [9.17, 15) is 9.59 Å². The Morgan fingerprint density at radius 3 is 2.48 bits per heavy atom. The van der Waals surface area contributed by atoms with Crippen LogP contribution in [0.2, 0.25) is 5.02 Å². The first kappa shape index (κ1) is 21.2. The smallest absolute Gasteiger partial charge is 0.291 e. The van der Waals surface area contributed by atoms with Crippen LogP contribution < -0.4 is 10.2 Å². The van der Waals surface area contributed by atoms with Gasteiger partial charge in [0.25, 0.3) is 5.91 Å². The Morgan fingerprint density at radius 2 is 1.81 bits per heavy atom. The molecule has 2 heterocycles. The van der Waals surface area contributed by atoms with Gasteiger partial charge in [-0.05, 0) is 36.2 Å². The third-order valence-electron chi connectivity index (χ3n) is 5.41. The van der Waals surface area contributed by atoms with Crippen LogP contribution in [0.5, 0.6) is 0 Å². The number of benzene rings is 2. The maximum atomic E-state index is 12.6. The molecule has 1 aliphatic heterocycles. The van der Waals surface area contributed by atoms with Crippen molar-refractivity contribution in [3.63, 3.8) is 0 Å². The standard InChI is InChI=1S/C24H26ClN3O3/c1-16(2)13-23(29)28-11-9-27(10-12-28)20-8-7-18(15-19(20)25)26-24(30)22-14-17-5-3-4-6-21(17)31-22/h3-8,14-16H,9-13H2,1-2H3,(H,26,30). The first-order chi connectivity index (χ1) is 14.9. The number of anilines is 2. The van der Waals surface area contributed by atoms with Gasteiger partial charge in [0.15, 0.2) is 5.76 Å². The molecule has 0 spiro atoms. The number of para-hydroxylation sites is 1. The van der Waals surface area contributed by atoms with Gasteiger partial charge in [0, 0.05) is 43.7 Å². The molecule has 0 unspecified atom stereocenters. The highest BCUT2D eigenvalue weighted by atomic mass is 35.5. The number of rotatable bonds is 5. The Bertz CT molecular complexity index is 1070. The number of carbonyl (C=O) groups excluding carboxylic acids is 2. The molecule has 0 saturated carbocycles. The number of fused-ring (bicyclic) bond motifs is 1. The third-order valence-corrected chi connectivity index (χ3v) is 5.71. The van der Waals surface area contributed by atoms with Crippen molar-refractivity contribution in [3.05, 3.63) is 59.3 Å². The lowest BCUT2D eigenvalue weighted by Gasteiger charge is -2.36. The number of carbonyl (C=O) groups is 2. The predicted molar refractivity (Wildman–Crippen MR) is 124 cm³/mol. The second-order valence-electron chi connectivity index (χ2n) is 8.23. The SMILES string of the molecule is CC(C)CC(=O)N1CCN(c2ccc(NC(=O)c3cc4ccccc4o3)cc2Cl)CC1. The van der Waals surface area contributed by atoms with E-state index in [-0.39, 0.29) is 17.6 Å². The number of furan rings is 1. The Morgan fingerprint density at radius 1 is 1.06 bits per heavy atom. The fraction of sp³-hybridized carbons (Fsp3) is 0.333. The zero-order chi connectivity index (χ0) is 22.0. The highest BCUT2D eigenvalue weighted by Crippen LogP contribution is 2.30. The van der Waals surface area contributed by atoms with Gasteiger partial charge in [0.05, 0.1) is 10.7 Å². The van der Waals surface area contributed by atoms with Crippen LogP contribution in [0.3, 0.4) is 0 Å². The molecule has 1 fully saturated rings. The number of nitrogens with zero attached hydrogens (tertiary/aromatic N) is 2. The Hall–Kier alpha value is -2.99. The van der Waals surface area contributed by atoms with Gasteiger partial charge < -0.3 is 19.5 Å². The fourth-order valence-electron chi connectivity index (χ4n) is 3.80. The molecule has 1 N–H and O–H groups in total. The van der Waals surface area contributed by atoms with Crippen molar-refractivity contribution in [2.75, 3.05) is 36.4 Å². The van der Waals surface area contributed by atoms with Crippen molar-refractivity contribution in [3.8, 4) is 0 Å². The summed E-state index contributed by atoms with van der Waals surface area (Å²) in [6.07, 6.45) is 0.584. The predicted octanol–water partition coefficient (Wildman–Crippen LogP) is 5.03. The van der Waals surface area contributed by atoms with Gasteiger partial charge in [0.2, 0.25) is 5.91 Å². The molecule has 1 aromatic heterocycles. The monoisotopic (exact) mass is 439 g/mol. The van der Waals surface area contributed by atoms with Gasteiger partial charge in [-0.3, -0.25) is 9.59 Å². The Balaban J connectivity index is 1.39. The van der Waals surface area contributed by atoms with Crippen molar-refractivity contribution in [2.45, 2.75) is 20.3 Å². The molecule has 7 heteroatoms. The van der Waals surface area contributed by atoms with Gasteiger partial charge >= 0.3 is 0 Å². The van der Waals surface area contributed by atoms with E-state index >= 15 is 0 Å². The molecule has 0 bridgehead atoms. The van der Waals surface area contributed by atoms with E-state index in [2.05, 4.69) is 24.1 Å². The summed E-state index contributed by atoms with van der Waals surface area (Å²) in [7, 11) is 0. The molecule has 1 saturated heterocycles. The minimum atomic E-state index is -0.322. The maximum absolute atomic E-state index is 12.6. The molecule has 0 radical (unpaired) electrons. The summed E-state index contributed by atoms with van der Waals surface area (Å²) >= 11 is 6.53. The highest BCUT2D eigenvalue weighted by molar-refractivity contribution is 6.33. The molecular weight excluding hydrogens is 414 g/mol. The minimum Gasteiger partial charge on any atom is -0.451 e. The molecule has 2 amide bonds. The maximum Gasteiger partial charge on any atom is 0.291 e. The molecular formula is C24H26ClN3O3. The van der Waals surface area contributed by atoms with E-state index in [4.69, 9.17) is 16.0 Å². The topological polar surface area (TPSA) is 65.8 Å². The second-order valence-corrected chi connectivity index (χ2v) is 8.64. The number of hydrogen-bond acceptors (Lipinski definition) is 4. The average Bonchev–Trinajstić information content (AvgIpc) is 3.18. The number of hydrogen-bond donors (Lipinski definition) is 1. The van der Waals surface area contributed by atoms with Crippen LogP contribution in [0, 0.1) is 5.92 Å². The normalized spacial score (nSPS) is 14.3. The summed E-state index contributed by atoms with van der Waals surface area (Å²) in [5.41, 5.74) is 2.18. The summed E-state index contributed by atoms with van der Waals surface area (Å²) in [6, 6.07) is 14.7. The molecule has 162 valence electrons. The lowest BCUT2D eigenvalue weighted by Crippen LogP contribution is -2.49. The van der Waals surface area contributed by atoms with E-state index in [1.165, 1.54) is 0 Å². The van der Waals surface area contributed by atoms with Crippen LogP contribution in [0.1, 0.15) is 30.8 Å². The van der Waals surface area contributed by atoms with E-state index in [1.54, 1.807) is 12.1 Å². The van der Waals surface area contributed by atoms with Crippen molar-refractivity contribution < 1.29 is 14.0 Å². The lowest BCUT2D eigenvalue weighted by atomic mass is 10.1. The van der Waals surface area contributed by atoms with E-state index in [0.717, 1.165) is 24.2 Å². The number of halogens is 1. The molecule has 4 rings (SSSR count). The summed E-state index contributed by atoms with van der Waals surface area (Å²) in [6.45, 7) is 6.95. The van der Waals surface area contributed by atoms with E-state index in [1.807, 2.05) is 41.3 Å². The largest absolute Gasteiger partial charge is 0.451 e. The van der Waals surface area contributed by atoms with Crippen LogP contribution in [0.15, 0.2) is 52.9 Å². The molecule has 0 atom stereocenters. The third kappa shape index (κ3) is 4.85. The quantitative estimate of drug-likeness (QED) is 0.605. The molecule has 0 aliphatic carbocycles. The molecule has 3 aromatic rings. The molecule has 6 nitrogen and oxygen atoms in total. The van der Waals surface area contributed by atoms with Crippen LogP contribution in [-0.4, -0.2) is 42.9 Å². The fourth-order valence-corrected chi connectivity index (χ4v) is 4.10. The van der Waals surface area contributed by atoms with Gasteiger partial charge in [-0.2, -0.15) is 0 Å². The first-order valence-corrected chi connectivity index (χ1v) is 10.9. The lowest BCUT2D eigenvalue weighted by molar-refractivity contribution is -0.132. The second kappa shape index (κ2) is 9.02. The van der Waals surface area contributed by atoms with E-state index in [0.29, 0.717) is 41.7 Å². The van der Waals surface area contributed by atoms with Gasteiger partial charge in [-0.25, -0.2) is 0 Å². The summed E-state index contributed by atoms with van der Waals surface area (Å²) in [5, 5.41) is 4.28. The number of piperazine rings is 1. The van der Waals surface area contributed by atoms with Gasteiger partial charge in [-0.15, -0.1) is 0 Å². The Kier molecular flexibility index (Phi) is 6.18. The van der Waals surface area contributed by atoms with Crippen LogP contribution >= 0.6 is 11.6 Å². The van der Waals surface area contributed by atoms with Crippen molar-refractivity contribution in [1.29, 1.82) is 0 Å². The van der Waals surface area contributed by atoms with Gasteiger partial charge in [-0.1, -0.05) is 43.6 Å². The Labute approximate surface area is 186 Å². The average molecular weight is 440 g/mol. The zero-order valence-electron chi connectivity index (χ0n) is 17.7. The van der Waals surface area contributed by atoms with E-state index < -0.39 is 0 Å². The van der Waals surface area contributed by atoms with Crippen LogP contribution in [0.4, 0.5) is 11.4 Å². The van der Waals surface area contributed by atoms with Crippen LogP contribution in [-0.2, 0) is 4.79 Å². The molecule has 31 heavy (non-hydrogen) atoms. The highest BCUT2D eigenvalue weighted by Gasteiger charge is 2.23. The minimum absolute atomic E-state index is 0.212.